The average molecular weight is 180 g/mol. The molecule has 2 radical (unpaired) electrons. The minimum atomic E-state index is 0.455. The van der Waals surface area contributed by atoms with Crippen LogP contribution in [-0.2, 0) is 0 Å². The molecule has 0 rings (SSSR count). The van der Waals surface area contributed by atoms with E-state index in [1.165, 1.54) is 44.9 Å². The zero-order valence-corrected chi connectivity index (χ0v) is 9.68. The van der Waals surface area contributed by atoms with Gasteiger partial charge in [-0.1, -0.05) is 71.5 Å². The van der Waals surface area contributed by atoms with Gasteiger partial charge < -0.3 is 0 Å². The van der Waals surface area contributed by atoms with Gasteiger partial charge in [0.2, 0.25) is 0 Å². The maximum Gasteiger partial charge on any atom is 0.0703 e. The third-order valence-corrected chi connectivity index (χ3v) is 2.82. The molecule has 0 N–H and O–H groups in total. The minimum Gasteiger partial charge on any atom is -0.0746 e. The van der Waals surface area contributed by atoms with Crippen LogP contribution < -0.4 is 0 Å². The predicted octanol–water partition coefficient (Wildman–Crippen LogP) is 4.35. The summed E-state index contributed by atoms with van der Waals surface area (Å²) < 4.78 is 0. The Bertz CT molecular complexity index is 101. The molecule has 0 amide bonds. The number of hydrogen-bond acceptors (Lipinski definition) is 0. The minimum absolute atomic E-state index is 0.455. The fourth-order valence-corrected chi connectivity index (χ4v) is 1.98. The monoisotopic (exact) mass is 180 g/mol. The lowest BCUT2D eigenvalue weighted by atomic mass is 9.70. The van der Waals surface area contributed by atoms with Crippen molar-refractivity contribution in [1.82, 2.24) is 0 Å². The second kappa shape index (κ2) is 8.65. The standard InChI is InChI=1S/C12H25B/c1-4-7-10-11(8-5-2)12(13)9-6-3/h11-12H,4-10H2,1-3H3. The molecular weight excluding hydrogens is 155 g/mol. The molecule has 0 saturated heterocycles. The van der Waals surface area contributed by atoms with E-state index in [4.69, 9.17) is 7.85 Å². The molecule has 0 heterocycles. The van der Waals surface area contributed by atoms with Gasteiger partial charge in [0.1, 0.15) is 0 Å². The lowest BCUT2D eigenvalue weighted by molar-refractivity contribution is 0.391. The summed E-state index contributed by atoms with van der Waals surface area (Å²) >= 11 is 0. The first-order valence-electron chi connectivity index (χ1n) is 6.01. The topological polar surface area (TPSA) is 0 Å². The molecule has 2 atom stereocenters. The van der Waals surface area contributed by atoms with Gasteiger partial charge in [-0.3, -0.25) is 0 Å². The third-order valence-electron chi connectivity index (χ3n) is 2.82. The van der Waals surface area contributed by atoms with E-state index >= 15 is 0 Å². The van der Waals surface area contributed by atoms with Crippen LogP contribution >= 0.6 is 0 Å². The Morgan fingerprint density at radius 2 is 1.46 bits per heavy atom. The first-order valence-corrected chi connectivity index (χ1v) is 6.01. The van der Waals surface area contributed by atoms with E-state index in [0.717, 1.165) is 5.92 Å². The zero-order valence-electron chi connectivity index (χ0n) is 9.68. The second-order valence-electron chi connectivity index (χ2n) is 4.14. The molecule has 0 aliphatic heterocycles. The van der Waals surface area contributed by atoms with Crippen LogP contribution in [0.15, 0.2) is 0 Å². The van der Waals surface area contributed by atoms with Crippen LogP contribution in [0.3, 0.4) is 0 Å². The van der Waals surface area contributed by atoms with E-state index in [2.05, 4.69) is 20.8 Å². The first kappa shape index (κ1) is 13.1. The summed E-state index contributed by atoms with van der Waals surface area (Å²) in [5, 5.41) is 0. The lowest BCUT2D eigenvalue weighted by Crippen LogP contribution is -2.09. The molecule has 13 heavy (non-hydrogen) atoms. The summed E-state index contributed by atoms with van der Waals surface area (Å²) in [7, 11) is 6.16. The molecule has 0 aromatic heterocycles. The Hall–Kier alpha value is 0.0649. The Morgan fingerprint density at radius 3 is 1.92 bits per heavy atom. The maximum absolute atomic E-state index is 6.16. The number of unbranched alkanes of at least 4 members (excludes halogenated alkanes) is 1. The summed E-state index contributed by atoms with van der Waals surface area (Å²) in [6.07, 6.45) is 9.03. The van der Waals surface area contributed by atoms with Crippen molar-refractivity contribution in [3.05, 3.63) is 0 Å². The molecule has 0 bridgehead atoms. The predicted molar refractivity (Wildman–Crippen MR) is 62.3 cm³/mol. The van der Waals surface area contributed by atoms with Gasteiger partial charge in [-0.05, 0) is 5.92 Å². The van der Waals surface area contributed by atoms with Crippen LogP contribution in [0.25, 0.3) is 0 Å². The van der Waals surface area contributed by atoms with Crippen molar-refractivity contribution in [2.75, 3.05) is 0 Å². The van der Waals surface area contributed by atoms with Gasteiger partial charge in [0.25, 0.3) is 0 Å². The highest BCUT2D eigenvalue weighted by Gasteiger charge is 2.14. The van der Waals surface area contributed by atoms with Crippen LogP contribution in [0.2, 0.25) is 5.82 Å². The molecule has 0 aromatic rings. The highest BCUT2D eigenvalue weighted by atomic mass is 14.2. The molecule has 0 fully saturated rings. The molecule has 0 aromatic carbocycles. The van der Waals surface area contributed by atoms with Gasteiger partial charge in [-0.2, -0.15) is 0 Å². The second-order valence-corrected chi connectivity index (χ2v) is 4.14. The van der Waals surface area contributed by atoms with Crippen LogP contribution in [-0.4, -0.2) is 7.85 Å². The van der Waals surface area contributed by atoms with Crippen molar-refractivity contribution < 1.29 is 0 Å². The highest BCUT2D eigenvalue weighted by Crippen LogP contribution is 2.29. The van der Waals surface area contributed by atoms with Gasteiger partial charge in [0.05, 0.1) is 7.85 Å². The third kappa shape index (κ3) is 6.18. The van der Waals surface area contributed by atoms with E-state index in [9.17, 15) is 0 Å². The number of hydrogen-bond donors (Lipinski definition) is 0. The Balaban J connectivity index is 3.75. The van der Waals surface area contributed by atoms with Crippen LogP contribution in [0.5, 0.6) is 0 Å². The maximum atomic E-state index is 6.16. The Kier molecular flexibility index (Phi) is 8.70. The summed E-state index contributed by atoms with van der Waals surface area (Å²) in [6, 6.07) is 0. The molecule has 0 aliphatic carbocycles. The van der Waals surface area contributed by atoms with Crippen LogP contribution in [0.4, 0.5) is 0 Å². The molecule has 0 aliphatic rings. The zero-order chi connectivity index (χ0) is 10.1. The van der Waals surface area contributed by atoms with Gasteiger partial charge in [-0.25, -0.2) is 0 Å². The highest BCUT2D eigenvalue weighted by molar-refractivity contribution is 6.11. The molecule has 76 valence electrons. The van der Waals surface area contributed by atoms with E-state index < -0.39 is 0 Å². The van der Waals surface area contributed by atoms with Gasteiger partial charge in [0.15, 0.2) is 0 Å². The van der Waals surface area contributed by atoms with E-state index in [-0.39, 0.29) is 0 Å². The Morgan fingerprint density at radius 1 is 0.846 bits per heavy atom. The van der Waals surface area contributed by atoms with Crippen molar-refractivity contribution in [1.29, 1.82) is 0 Å². The largest absolute Gasteiger partial charge is 0.0746 e. The van der Waals surface area contributed by atoms with Crippen molar-refractivity contribution >= 4 is 7.85 Å². The van der Waals surface area contributed by atoms with E-state index in [0.29, 0.717) is 5.82 Å². The molecule has 0 spiro atoms. The normalized spacial score (nSPS) is 15.6. The molecule has 0 nitrogen and oxygen atoms in total. The van der Waals surface area contributed by atoms with Crippen molar-refractivity contribution in [3.63, 3.8) is 0 Å². The molecule has 1 heteroatoms. The lowest BCUT2D eigenvalue weighted by Gasteiger charge is -2.23. The summed E-state index contributed by atoms with van der Waals surface area (Å²) in [6.45, 7) is 6.74. The summed E-state index contributed by atoms with van der Waals surface area (Å²) in [5.41, 5.74) is 0. The fourth-order valence-electron chi connectivity index (χ4n) is 1.98. The quantitative estimate of drug-likeness (QED) is 0.487. The van der Waals surface area contributed by atoms with Crippen LogP contribution in [0.1, 0.15) is 65.7 Å². The van der Waals surface area contributed by atoms with E-state index in [1.54, 1.807) is 0 Å². The smallest absolute Gasteiger partial charge is 0.0703 e. The average Bonchev–Trinajstić information content (AvgIpc) is 2.12. The molecular formula is C12H25B. The van der Waals surface area contributed by atoms with Gasteiger partial charge in [-0.15, -0.1) is 0 Å². The van der Waals surface area contributed by atoms with Crippen LogP contribution in [0, 0.1) is 5.92 Å². The van der Waals surface area contributed by atoms with Gasteiger partial charge >= 0.3 is 0 Å². The Labute approximate surface area is 85.9 Å². The molecule has 2 unspecified atom stereocenters. The van der Waals surface area contributed by atoms with Crippen molar-refractivity contribution in [2.45, 2.75) is 71.5 Å². The fraction of sp³-hybridized carbons (Fsp3) is 1.00. The van der Waals surface area contributed by atoms with Gasteiger partial charge in [0, 0.05) is 0 Å². The number of rotatable bonds is 8. The van der Waals surface area contributed by atoms with Crippen molar-refractivity contribution in [3.8, 4) is 0 Å². The summed E-state index contributed by atoms with van der Waals surface area (Å²) in [4.78, 5) is 0. The molecule has 0 saturated carbocycles. The van der Waals surface area contributed by atoms with Crippen molar-refractivity contribution in [2.24, 2.45) is 5.92 Å². The SMILES string of the molecule is [B]C(CCC)C(CCC)CCCC. The summed E-state index contributed by atoms with van der Waals surface area (Å²) in [5.74, 6) is 1.24. The van der Waals surface area contributed by atoms with E-state index in [1.807, 2.05) is 0 Å². The first-order chi connectivity index (χ1) is 6.26.